The van der Waals surface area contributed by atoms with Crippen molar-refractivity contribution in [3.63, 3.8) is 0 Å². The lowest BCUT2D eigenvalue weighted by Crippen LogP contribution is -2.55. The molecule has 162 valence electrons. The third kappa shape index (κ3) is 6.22. The van der Waals surface area contributed by atoms with Gasteiger partial charge in [0.05, 0.1) is 6.04 Å². The molecule has 2 aromatic rings. The summed E-state index contributed by atoms with van der Waals surface area (Å²) in [6, 6.07) is 4.09. The van der Waals surface area contributed by atoms with E-state index in [1.54, 1.807) is 6.20 Å². The summed E-state index contributed by atoms with van der Waals surface area (Å²) in [5.41, 5.74) is 12.5. The topological polar surface area (TPSA) is 180 Å². The Morgan fingerprint density at radius 2 is 1.77 bits per heavy atom. The first-order valence-electron chi connectivity index (χ1n) is 9.26. The standard InChI is InChI=1S/C19H25N5O5S/c20-12(5-6-16(21)25)17(26)23-14(18(27)24-15(9-30)19(28)29)7-10-8-22-13-4-2-1-3-11(10)13/h1-4,8,12,14-15,22,30H,5-7,9,20H2,(H2,21,25)(H,23,26)(H,24,27)(H,28,29). The number of hydrogen-bond donors (Lipinski definition) is 7. The predicted octanol–water partition coefficient (Wildman–Crippen LogP) is -0.713. The number of H-pyrrole nitrogens is 1. The minimum Gasteiger partial charge on any atom is -0.480 e. The fourth-order valence-corrected chi connectivity index (χ4v) is 3.14. The number of nitrogens with two attached hydrogens (primary N) is 2. The Kier molecular flexibility index (Phi) is 8.25. The Morgan fingerprint density at radius 1 is 1.10 bits per heavy atom. The zero-order chi connectivity index (χ0) is 22.3. The zero-order valence-electron chi connectivity index (χ0n) is 16.1. The van der Waals surface area contributed by atoms with Crippen LogP contribution < -0.4 is 22.1 Å². The number of carbonyl (C=O) groups is 4. The van der Waals surface area contributed by atoms with E-state index >= 15 is 0 Å². The average Bonchev–Trinajstić information content (AvgIpc) is 3.12. The first kappa shape index (κ1) is 23.2. The molecule has 0 fully saturated rings. The molecule has 10 nitrogen and oxygen atoms in total. The van der Waals surface area contributed by atoms with Crippen molar-refractivity contribution < 1.29 is 24.3 Å². The van der Waals surface area contributed by atoms with Gasteiger partial charge in [0.25, 0.3) is 0 Å². The van der Waals surface area contributed by atoms with E-state index in [-0.39, 0.29) is 25.0 Å². The number of aromatic amines is 1. The van der Waals surface area contributed by atoms with E-state index in [2.05, 4.69) is 28.2 Å². The van der Waals surface area contributed by atoms with E-state index in [0.717, 1.165) is 16.5 Å². The Bertz CT molecular complexity index is 931. The number of carboxylic acid groups (broad SMARTS) is 1. The summed E-state index contributed by atoms with van der Waals surface area (Å²) in [6.45, 7) is 0. The van der Waals surface area contributed by atoms with Crippen molar-refractivity contribution in [3.05, 3.63) is 36.0 Å². The van der Waals surface area contributed by atoms with Crippen molar-refractivity contribution in [2.24, 2.45) is 11.5 Å². The lowest BCUT2D eigenvalue weighted by atomic mass is 10.0. The SMILES string of the molecule is NC(=O)CCC(N)C(=O)NC(Cc1c[nH]c2ccccc12)C(=O)NC(CS)C(=O)O. The molecule has 0 radical (unpaired) electrons. The molecule has 30 heavy (non-hydrogen) atoms. The van der Waals surface area contributed by atoms with Gasteiger partial charge >= 0.3 is 5.97 Å². The molecule has 0 saturated carbocycles. The van der Waals surface area contributed by atoms with Gasteiger partial charge in [-0.05, 0) is 18.1 Å². The minimum absolute atomic E-state index is 0.0248. The van der Waals surface area contributed by atoms with Gasteiger partial charge in [-0.2, -0.15) is 12.6 Å². The molecule has 2 rings (SSSR count). The summed E-state index contributed by atoms with van der Waals surface area (Å²) < 4.78 is 0. The molecule has 3 amide bonds. The number of hydrogen-bond acceptors (Lipinski definition) is 6. The Labute approximate surface area is 178 Å². The molecular weight excluding hydrogens is 410 g/mol. The Balaban J connectivity index is 2.20. The number of aliphatic carboxylic acids is 1. The molecule has 11 heteroatoms. The van der Waals surface area contributed by atoms with Crippen LogP contribution >= 0.6 is 12.6 Å². The van der Waals surface area contributed by atoms with Crippen LogP contribution in [0.2, 0.25) is 0 Å². The fourth-order valence-electron chi connectivity index (χ4n) is 2.90. The molecule has 3 atom stereocenters. The van der Waals surface area contributed by atoms with E-state index < -0.39 is 41.8 Å². The molecule has 1 aromatic heterocycles. The highest BCUT2D eigenvalue weighted by molar-refractivity contribution is 7.80. The normalized spacial score (nSPS) is 13.9. The second-order valence-corrected chi connectivity index (χ2v) is 7.18. The van der Waals surface area contributed by atoms with Gasteiger partial charge in [0.2, 0.25) is 17.7 Å². The van der Waals surface area contributed by atoms with Crippen molar-refractivity contribution in [2.75, 3.05) is 5.75 Å². The van der Waals surface area contributed by atoms with E-state index in [4.69, 9.17) is 11.5 Å². The molecule has 0 spiro atoms. The number of fused-ring (bicyclic) bond motifs is 1. The third-order valence-electron chi connectivity index (χ3n) is 4.57. The highest BCUT2D eigenvalue weighted by Gasteiger charge is 2.28. The smallest absolute Gasteiger partial charge is 0.327 e. The molecule has 0 aliphatic rings. The van der Waals surface area contributed by atoms with Crippen molar-refractivity contribution in [1.29, 1.82) is 0 Å². The van der Waals surface area contributed by atoms with Crippen LogP contribution in [0, 0.1) is 0 Å². The molecular formula is C19H25N5O5S. The van der Waals surface area contributed by atoms with Crippen molar-refractivity contribution in [3.8, 4) is 0 Å². The van der Waals surface area contributed by atoms with Gasteiger partial charge in [-0.25, -0.2) is 4.79 Å². The molecule has 0 aliphatic heterocycles. The van der Waals surface area contributed by atoms with Crippen LogP contribution in [0.25, 0.3) is 10.9 Å². The number of thiol groups is 1. The van der Waals surface area contributed by atoms with Gasteiger partial charge < -0.3 is 32.2 Å². The van der Waals surface area contributed by atoms with Gasteiger partial charge in [0.1, 0.15) is 12.1 Å². The number of para-hydroxylation sites is 1. The summed E-state index contributed by atoms with van der Waals surface area (Å²) in [5, 5.41) is 15.0. The van der Waals surface area contributed by atoms with E-state index in [0.29, 0.717) is 0 Å². The van der Waals surface area contributed by atoms with Gasteiger partial charge in [-0.1, -0.05) is 18.2 Å². The summed E-state index contributed by atoms with van der Waals surface area (Å²) in [5.74, 6) is -3.28. The van der Waals surface area contributed by atoms with Crippen LogP contribution in [0.3, 0.4) is 0 Å². The quantitative estimate of drug-likeness (QED) is 0.229. The monoisotopic (exact) mass is 435 g/mol. The van der Waals surface area contributed by atoms with Crippen molar-refractivity contribution in [1.82, 2.24) is 15.6 Å². The Hall–Kier alpha value is -3.05. The molecule has 8 N–H and O–H groups in total. The lowest BCUT2D eigenvalue weighted by Gasteiger charge is -2.22. The predicted molar refractivity (Wildman–Crippen MR) is 114 cm³/mol. The van der Waals surface area contributed by atoms with Crippen molar-refractivity contribution >= 4 is 47.2 Å². The number of rotatable bonds is 11. The molecule has 1 aromatic carbocycles. The fraction of sp³-hybridized carbons (Fsp3) is 0.368. The number of amides is 3. The second-order valence-electron chi connectivity index (χ2n) is 6.82. The first-order chi connectivity index (χ1) is 14.2. The van der Waals surface area contributed by atoms with Crippen LogP contribution in [0.4, 0.5) is 0 Å². The van der Waals surface area contributed by atoms with Crippen LogP contribution in [-0.2, 0) is 25.6 Å². The average molecular weight is 436 g/mol. The molecule has 3 unspecified atom stereocenters. The largest absolute Gasteiger partial charge is 0.480 e. The van der Waals surface area contributed by atoms with Crippen LogP contribution in [0.1, 0.15) is 18.4 Å². The van der Waals surface area contributed by atoms with E-state index in [9.17, 15) is 24.3 Å². The van der Waals surface area contributed by atoms with Crippen LogP contribution in [-0.4, -0.2) is 57.7 Å². The maximum absolute atomic E-state index is 12.8. The number of primary amides is 1. The van der Waals surface area contributed by atoms with Gasteiger partial charge in [-0.3, -0.25) is 14.4 Å². The molecule has 1 heterocycles. The Morgan fingerprint density at radius 3 is 2.40 bits per heavy atom. The number of carboxylic acids is 1. The van der Waals surface area contributed by atoms with E-state index in [1.807, 2.05) is 24.3 Å². The van der Waals surface area contributed by atoms with Gasteiger partial charge in [-0.15, -0.1) is 0 Å². The zero-order valence-corrected chi connectivity index (χ0v) is 17.0. The van der Waals surface area contributed by atoms with Gasteiger partial charge in [0.15, 0.2) is 0 Å². The molecule has 0 aliphatic carbocycles. The summed E-state index contributed by atoms with van der Waals surface area (Å²) in [7, 11) is 0. The molecule has 0 saturated heterocycles. The number of aromatic nitrogens is 1. The maximum Gasteiger partial charge on any atom is 0.327 e. The second kappa shape index (κ2) is 10.6. The summed E-state index contributed by atoms with van der Waals surface area (Å²) >= 11 is 3.93. The number of benzene rings is 1. The van der Waals surface area contributed by atoms with Gasteiger partial charge in [0, 0.05) is 35.7 Å². The minimum atomic E-state index is -1.24. The van der Waals surface area contributed by atoms with Crippen LogP contribution in [0.15, 0.2) is 30.5 Å². The summed E-state index contributed by atoms with van der Waals surface area (Å²) in [6.07, 6.45) is 1.77. The number of nitrogens with one attached hydrogen (secondary N) is 3. The maximum atomic E-state index is 12.8. The number of carbonyl (C=O) groups excluding carboxylic acids is 3. The van der Waals surface area contributed by atoms with Crippen LogP contribution in [0.5, 0.6) is 0 Å². The van der Waals surface area contributed by atoms with Crippen molar-refractivity contribution in [2.45, 2.75) is 37.4 Å². The summed E-state index contributed by atoms with van der Waals surface area (Å²) in [4.78, 5) is 50.4. The highest BCUT2D eigenvalue weighted by Crippen LogP contribution is 2.19. The molecule has 0 bridgehead atoms. The lowest BCUT2D eigenvalue weighted by molar-refractivity contribution is -0.141. The highest BCUT2D eigenvalue weighted by atomic mass is 32.1. The van der Waals surface area contributed by atoms with E-state index in [1.165, 1.54) is 0 Å². The third-order valence-corrected chi connectivity index (χ3v) is 4.93. The first-order valence-corrected chi connectivity index (χ1v) is 9.89.